The SMILES string of the molecule is O=C1CC(CS(=O)(=O)F)CN1CC1CCNCC1. The van der Waals surface area contributed by atoms with E-state index in [1.165, 1.54) is 0 Å². The number of amides is 1. The number of nitrogens with zero attached hydrogens (tertiary/aromatic N) is 1. The maximum atomic E-state index is 12.6. The molecule has 2 rings (SSSR count). The number of carbonyl (C=O) groups excluding carboxylic acids is 1. The minimum atomic E-state index is -4.48. The van der Waals surface area contributed by atoms with E-state index in [0.717, 1.165) is 25.9 Å². The fraction of sp³-hybridized carbons (Fsp3) is 0.909. The molecular formula is C11H19FN2O3S. The molecular weight excluding hydrogens is 259 g/mol. The average Bonchev–Trinajstić information content (AvgIpc) is 2.58. The van der Waals surface area contributed by atoms with Crippen molar-refractivity contribution in [1.82, 2.24) is 10.2 Å². The molecule has 104 valence electrons. The van der Waals surface area contributed by atoms with Gasteiger partial charge >= 0.3 is 10.2 Å². The minimum absolute atomic E-state index is 0.0396. The maximum Gasteiger partial charge on any atom is 0.302 e. The van der Waals surface area contributed by atoms with Crippen LogP contribution in [0.25, 0.3) is 0 Å². The van der Waals surface area contributed by atoms with Crippen LogP contribution in [-0.2, 0) is 15.0 Å². The van der Waals surface area contributed by atoms with Crippen LogP contribution in [0.5, 0.6) is 0 Å². The zero-order valence-electron chi connectivity index (χ0n) is 10.3. The van der Waals surface area contributed by atoms with E-state index in [9.17, 15) is 17.1 Å². The van der Waals surface area contributed by atoms with E-state index in [4.69, 9.17) is 0 Å². The maximum absolute atomic E-state index is 12.6. The molecule has 18 heavy (non-hydrogen) atoms. The van der Waals surface area contributed by atoms with Crippen molar-refractivity contribution in [2.75, 3.05) is 31.9 Å². The number of nitrogens with one attached hydrogen (secondary N) is 1. The minimum Gasteiger partial charge on any atom is -0.342 e. The third-order valence-electron chi connectivity index (χ3n) is 3.67. The monoisotopic (exact) mass is 278 g/mol. The fourth-order valence-corrected chi connectivity index (χ4v) is 3.59. The normalized spacial score (nSPS) is 26.8. The lowest BCUT2D eigenvalue weighted by Crippen LogP contribution is -2.37. The number of hydrogen-bond acceptors (Lipinski definition) is 4. The highest BCUT2D eigenvalue weighted by Crippen LogP contribution is 2.23. The Kier molecular flexibility index (Phi) is 4.21. The molecule has 0 aromatic rings. The quantitative estimate of drug-likeness (QED) is 0.743. The Balaban J connectivity index is 1.85. The molecule has 2 heterocycles. The van der Waals surface area contributed by atoms with Crippen LogP contribution in [0.3, 0.4) is 0 Å². The van der Waals surface area contributed by atoms with E-state index in [1.807, 2.05) is 0 Å². The molecule has 0 aromatic carbocycles. The van der Waals surface area contributed by atoms with E-state index in [0.29, 0.717) is 19.0 Å². The Bertz CT molecular complexity index is 407. The smallest absolute Gasteiger partial charge is 0.302 e. The van der Waals surface area contributed by atoms with Gasteiger partial charge in [-0.15, -0.1) is 3.89 Å². The van der Waals surface area contributed by atoms with Crippen molar-refractivity contribution in [2.24, 2.45) is 11.8 Å². The van der Waals surface area contributed by atoms with Crippen LogP contribution in [0, 0.1) is 11.8 Å². The lowest BCUT2D eigenvalue weighted by molar-refractivity contribution is -0.128. The van der Waals surface area contributed by atoms with Crippen LogP contribution >= 0.6 is 0 Å². The Labute approximate surface area is 107 Å². The predicted molar refractivity (Wildman–Crippen MR) is 65.2 cm³/mol. The van der Waals surface area contributed by atoms with E-state index in [2.05, 4.69) is 5.32 Å². The molecule has 2 saturated heterocycles. The zero-order valence-corrected chi connectivity index (χ0v) is 11.1. The first-order chi connectivity index (χ1) is 8.44. The highest BCUT2D eigenvalue weighted by molar-refractivity contribution is 7.86. The van der Waals surface area contributed by atoms with Crippen molar-refractivity contribution < 1.29 is 17.1 Å². The molecule has 2 fully saturated rings. The second-order valence-electron chi connectivity index (χ2n) is 5.27. The first-order valence-electron chi connectivity index (χ1n) is 6.35. The van der Waals surface area contributed by atoms with Crippen molar-refractivity contribution in [3.05, 3.63) is 0 Å². The van der Waals surface area contributed by atoms with Gasteiger partial charge in [-0.2, -0.15) is 8.42 Å². The van der Waals surface area contributed by atoms with Crippen LogP contribution in [-0.4, -0.2) is 51.2 Å². The molecule has 2 aliphatic heterocycles. The summed E-state index contributed by atoms with van der Waals surface area (Å²) in [6, 6.07) is 0. The van der Waals surface area contributed by atoms with Gasteiger partial charge in [-0.25, -0.2) is 0 Å². The largest absolute Gasteiger partial charge is 0.342 e. The second-order valence-corrected chi connectivity index (χ2v) is 6.68. The van der Waals surface area contributed by atoms with Crippen LogP contribution in [0.2, 0.25) is 0 Å². The summed E-state index contributed by atoms with van der Waals surface area (Å²) in [5.74, 6) is -0.464. The summed E-state index contributed by atoms with van der Waals surface area (Å²) < 4.78 is 33.8. The summed E-state index contributed by atoms with van der Waals surface area (Å²) >= 11 is 0. The summed E-state index contributed by atoms with van der Waals surface area (Å²) in [7, 11) is -4.48. The van der Waals surface area contributed by atoms with Gasteiger partial charge in [-0.1, -0.05) is 0 Å². The van der Waals surface area contributed by atoms with Gasteiger partial charge in [0.25, 0.3) is 0 Å². The van der Waals surface area contributed by atoms with E-state index in [1.54, 1.807) is 4.90 Å². The summed E-state index contributed by atoms with van der Waals surface area (Å²) in [4.78, 5) is 13.4. The van der Waals surface area contributed by atoms with Crippen LogP contribution in [0.4, 0.5) is 3.89 Å². The standard InChI is InChI=1S/C11H19FN2O3S/c12-18(16,17)8-10-5-11(15)14(7-10)6-9-1-3-13-4-2-9/h9-10,13H,1-8H2. The average molecular weight is 278 g/mol. The number of carbonyl (C=O) groups is 1. The van der Waals surface area contributed by atoms with Crippen molar-refractivity contribution in [1.29, 1.82) is 0 Å². The van der Waals surface area contributed by atoms with Gasteiger partial charge in [0.15, 0.2) is 0 Å². The lowest BCUT2D eigenvalue weighted by atomic mass is 9.98. The van der Waals surface area contributed by atoms with Crippen molar-refractivity contribution >= 4 is 16.1 Å². The lowest BCUT2D eigenvalue weighted by Gasteiger charge is -2.27. The van der Waals surface area contributed by atoms with Gasteiger partial charge in [0.1, 0.15) is 0 Å². The van der Waals surface area contributed by atoms with E-state index >= 15 is 0 Å². The Morgan fingerprint density at radius 3 is 2.56 bits per heavy atom. The van der Waals surface area contributed by atoms with Crippen LogP contribution < -0.4 is 5.32 Å². The van der Waals surface area contributed by atoms with Gasteiger partial charge in [0.2, 0.25) is 5.91 Å². The Morgan fingerprint density at radius 1 is 1.28 bits per heavy atom. The van der Waals surface area contributed by atoms with Gasteiger partial charge in [0.05, 0.1) is 5.75 Å². The molecule has 1 amide bonds. The van der Waals surface area contributed by atoms with E-state index in [-0.39, 0.29) is 18.2 Å². The highest BCUT2D eigenvalue weighted by Gasteiger charge is 2.33. The highest BCUT2D eigenvalue weighted by atomic mass is 32.3. The van der Waals surface area contributed by atoms with Crippen LogP contribution in [0.1, 0.15) is 19.3 Å². The molecule has 0 aliphatic carbocycles. The molecule has 1 unspecified atom stereocenters. The molecule has 1 N–H and O–H groups in total. The summed E-state index contributed by atoms with van der Waals surface area (Å²) in [5, 5.41) is 3.26. The molecule has 2 aliphatic rings. The van der Waals surface area contributed by atoms with Gasteiger partial charge in [0, 0.05) is 25.4 Å². The van der Waals surface area contributed by atoms with Gasteiger partial charge in [-0.3, -0.25) is 4.79 Å². The molecule has 0 bridgehead atoms. The summed E-state index contributed by atoms with van der Waals surface area (Å²) in [5.41, 5.74) is 0. The molecule has 7 heteroatoms. The number of halogens is 1. The van der Waals surface area contributed by atoms with Gasteiger partial charge in [-0.05, 0) is 31.8 Å². The summed E-state index contributed by atoms with van der Waals surface area (Å²) in [6.07, 6.45) is 2.24. The van der Waals surface area contributed by atoms with Crippen molar-refractivity contribution in [3.8, 4) is 0 Å². The number of likely N-dealkylation sites (tertiary alicyclic amines) is 1. The molecule has 5 nitrogen and oxygen atoms in total. The number of piperidine rings is 1. The molecule has 0 aromatic heterocycles. The fourth-order valence-electron chi connectivity index (χ4n) is 2.80. The molecule has 0 saturated carbocycles. The molecule has 1 atom stereocenters. The van der Waals surface area contributed by atoms with E-state index < -0.39 is 16.0 Å². The van der Waals surface area contributed by atoms with Crippen molar-refractivity contribution in [3.63, 3.8) is 0 Å². The Hall–Kier alpha value is -0.690. The molecule has 0 spiro atoms. The Morgan fingerprint density at radius 2 is 1.94 bits per heavy atom. The third-order valence-corrected chi connectivity index (χ3v) is 4.54. The predicted octanol–water partition coefficient (Wildman–Crippen LogP) is 0.134. The number of hydrogen-bond donors (Lipinski definition) is 1. The van der Waals surface area contributed by atoms with Crippen molar-refractivity contribution in [2.45, 2.75) is 19.3 Å². The molecule has 0 radical (unpaired) electrons. The topological polar surface area (TPSA) is 66.5 Å². The first kappa shape index (κ1) is 13.7. The zero-order chi connectivity index (χ0) is 13.2. The summed E-state index contributed by atoms with van der Waals surface area (Å²) in [6.45, 7) is 3.00. The van der Waals surface area contributed by atoms with Gasteiger partial charge < -0.3 is 10.2 Å². The first-order valence-corrected chi connectivity index (χ1v) is 7.90. The van der Waals surface area contributed by atoms with Crippen LogP contribution in [0.15, 0.2) is 0 Å². The third kappa shape index (κ3) is 3.91. The number of rotatable bonds is 4. The second kappa shape index (κ2) is 5.52.